The van der Waals surface area contributed by atoms with Crippen LogP contribution in [0, 0.1) is 0 Å². The fourth-order valence-electron chi connectivity index (χ4n) is 2.71. The van der Waals surface area contributed by atoms with E-state index >= 15 is 0 Å². The van der Waals surface area contributed by atoms with Crippen LogP contribution in [0.4, 0.5) is 5.69 Å². The molecule has 0 bridgehead atoms. The van der Waals surface area contributed by atoms with Crippen LogP contribution < -0.4 is 5.32 Å². The Morgan fingerprint density at radius 3 is 2.78 bits per heavy atom. The van der Waals surface area contributed by atoms with Crippen molar-refractivity contribution in [2.45, 2.75) is 13.0 Å². The number of nitrogens with one attached hydrogen (secondary N) is 1. The molecular weight excluding hydrogens is 342 g/mol. The van der Waals surface area contributed by atoms with Gasteiger partial charge in [0.05, 0.1) is 17.6 Å². The smallest absolute Gasteiger partial charge is 0.255 e. The van der Waals surface area contributed by atoms with Crippen LogP contribution in [0.3, 0.4) is 0 Å². The van der Waals surface area contributed by atoms with Crippen molar-refractivity contribution in [1.29, 1.82) is 0 Å². The molecule has 4 aromatic rings. The molecule has 0 fully saturated rings. The van der Waals surface area contributed by atoms with Crippen molar-refractivity contribution in [3.63, 3.8) is 0 Å². The van der Waals surface area contributed by atoms with E-state index in [9.17, 15) is 4.79 Å². The van der Waals surface area contributed by atoms with Gasteiger partial charge in [-0.25, -0.2) is 4.68 Å². The maximum absolute atomic E-state index is 12.5. The maximum atomic E-state index is 12.5. The summed E-state index contributed by atoms with van der Waals surface area (Å²) in [4.78, 5) is 12.5. The van der Waals surface area contributed by atoms with Crippen molar-refractivity contribution in [2.75, 3.05) is 5.32 Å². The summed E-state index contributed by atoms with van der Waals surface area (Å²) in [7, 11) is 0. The number of aryl methyl sites for hydroxylation is 2. The lowest BCUT2D eigenvalue weighted by atomic mass is 10.1. The van der Waals surface area contributed by atoms with Gasteiger partial charge in [-0.15, -0.1) is 5.10 Å². The minimum Gasteiger partial charge on any atom is -0.319 e. The second kappa shape index (κ2) is 7.61. The van der Waals surface area contributed by atoms with Gasteiger partial charge in [0.25, 0.3) is 5.91 Å². The van der Waals surface area contributed by atoms with E-state index in [1.165, 1.54) is 16.6 Å². The molecule has 27 heavy (non-hydrogen) atoms. The Hall–Kier alpha value is -3.81. The first-order valence-corrected chi connectivity index (χ1v) is 8.49. The van der Waals surface area contributed by atoms with Crippen LogP contribution in [0.1, 0.15) is 15.9 Å². The molecule has 2 aromatic carbocycles. The second-order valence-electron chi connectivity index (χ2n) is 5.99. The molecule has 0 atom stereocenters. The van der Waals surface area contributed by atoms with Crippen LogP contribution >= 0.6 is 0 Å². The van der Waals surface area contributed by atoms with Gasteiger partial charge < -0.3 is 5.32 Å². The van der Waals surface area contributed by atoms with E-state index in [1.54, 1.807) is 24.4 Å². The van der Waals surface area contributed by atoms with E-state index in [-0.39, 0.29) is 5.91 Å². The third-order valence-corrected chi connectivity index (χ3v) is 4.09. The molecular formula is C19H17N7O. The van der Waals surface area contributed by atoms with Crippen LogP contribution in [-0.4, -0.2) is 35.9 Å². The minimum absolute atomic E-state index is 0.215. The van der Waals surface area contributed by atoms with Gasteiger partial charge in [-0.05, 0) is 40.6 Å². The topological polar surface area (TPSA) is 90.5 Å². The van der Waals surface area contributed by atoms with Crippen molar-refractivity contribution < 1.29 is 4.79 Å². The van der Waals surface area contributed by atoms with Crippen molar-refractivity contribution in [3.8, 4) is 5.69 Å². The minimum atomic E-state index is -0.215. The lowest BCUT2D eigenvalue weighted by Gasteiger charge is -2.05. The molecule has 0 aliphatic heterocycles. The molecule has 0 aliphatic carbocycles. The molecule has 0 unspecified atom stereocenters. The predicted molar refractivity (Wildman–Crippen MR) is 99.5 cm³/mol. The van der Waals surface area contributed by atoms with Crippen molar-refractivity contribution in [1.82, 2.24) is 30.0 Å². The number of carbonyl (C=O) groups excluding carboxylic acids is 1. The van der Waals surface area contributed by atoms with Gasteiger partial charge in [-0.1, -0.05) is 36.4 Å². The molecule has 0 saturated carbocycles. The third kappa shape index (κ3) is 4.06. The molecule has 0 radical (unpaired) electrons. The first-order chi connectivity index (χ1) is 13.3. The van der Waals surface area contributed by atoms with Gasteiger partial charge in [-0.3, -0.25) is 9.48 Å². The monoisotopic (exact) mass is 359 g/mol. The second-order valence-corrected chi connectivity index (χ2v) is 5.99. The first kappa shape index (κ1) is 16.6. The molecule has 0 spiro atoms. The number of tetrazole rings is 1. The van der Waals surface area contributed by atoms with E-state index in [0.29, 0.717) is 16.9 Å². The average molecular weight is 359 g/mol. The normalized spacial score (nSPS) is 10.7. The summed E-state index contributed by atoms with van der Waals surface area (Å²) < 4.78 is 3.32. The highest BCUT2D eigenvalue weighted by Gasteiger charge is 2.09. The fraction of sp³-hybridized carbons (Fsp3) is 0.105. The van der Waals surface area contributed by atoms with Gasteiger partial charge in [0.15, 0.2) is 0 Å². The van der Waals surface area contributed by atoms with Gasteiger partial charge in [0.1, 0.15) is 6.33 Å². The number of benzene rings is 2. The van der Waals surface area contributed by atoms with Crippen molar-refractivity contribution in [2.24, 2.45) is 0 Å². The summed E-state index contributed by atoms with van der Waals surface area (Å²) in [6.45, 7) is 0.745. The lowest BCUT2D eigenvalue weighted by Crippen LogP contribution is -2.12. The quantitative estimate of drug-likeness (QED) is 0.571. The number of hydrogen-bond donors (Lipinski definition) is 1. The Bertz CT molecular complexity index is 1030. The molecule has 8 heteroatoms. The molecule has 2 heterocycles. The SMILES string of the molecule is O=C(Nc1cnn(CCc2ccccc2)c1)c1cccc(-n2cnnn2)c1. The van der Waals surface area contributed by atoms with Crippen LogP contribution in [-0.2, 0) is 13.0 Å². The van der Waals surface area contributed by atoms with Crippen LogP contribution in [0.25, 0.3) is 5.69 Å². The molecule has 134 valence electrons. The van der Waals surface area contributed by atoms with Gasteiger partial charge in [0.2, 0.25) is 0 Å². The highest BCUT2D eigenvalue weighted by atomic mass is 16.1. The van der Waals surface area contributed by atoms with Gasteiger partial charge in [-0.2, -0.15) is 5.10 Å². The third-order valence-electron chi connectivity index (χ3n) is 4.09. The Labute approximate surface area is 155 Å². The molecule has 1 amide bonds. The number of aromatic nitrogens is 6. The first-order valence-electron chi connectivity index (χ1n) is 8.49. The highest BCUT2D eigenvalue weighted by Crippen LogP contribution is 2.12. The van der Waals surface area contributed by atoms with Crippen molar-refractivity contribution in [3.05, 3.63) is 84.4 Å². The van der Waals surface area contributed by atoms with E-state index in [1.807, 2.05) is 35.1 Å². The van der Waals surface area contributed by atoms with E-state index < -0.39 is 0 Å². The summed E-state index contributed by atoms with van der Waals surface area (Å²) in [5, 5.41) is 18.2. The zero-order valence-electron chi connectivity index (χ0n) is 14.4. The fourth-order valence-corrected chi connectivity index (χ4v) is 2.71. The number of anilines is 1. The summed E-state index contributed by atoms with van der Waals surface area (Å²) >= 11 is 0. The molecule has 1 N–H and O–H groups in total. The zero-order valence-corrected chi connectivity index (χ0v) is 14.4. The number of hydrogen-bond acceptors (Lipinski definition) is 5. The summed E-state index contributed by atoms with van der Waals surface area (Å²) in [5.41, 5.74) is 3.13. The molecule has 0 saturated heterocycles. The van der Waals surface area contributed by atoms with Crippen LogP contribution in [0.15, 0.2) is 73.3 Å². The predicted octanol–water partition coefficient (Wildman–Crippen LogP) is 2.35. The van der Waals surface area contributed by atoms with Crippen molar-refractivity contribution >= 4 is 11.6 Å². The van der Waals surface area contributed by atoms with Crippen LogP contribution in [0.2, 0.25) is 0 Å². The largest absolute Gasteiger partial charge is 0.319 e. The van der Waals surface area contributed by atoms with E-state index in [4.69, 9.17) is 0 Å². The van der Waals surface area contributed by atoms with Gasteiger partial charge in [0, 0.05) is 18.3 Å². The van der Waals surface area contributed by atoms with Gasteiger partial charge >= 0.3 is 0 Å². The van der Waals surface area contributed by atoms with E-state index in [2.05, 4.69) is 38.1 Å². The Morgan fingerprint density at radius 1 is 1.07 bits per heavy atom. The average Bonchev–Trinajstić information content (AvgIpc) is 3.40. The Morgan fingerprint density at radius 2 is 1.96 bits per heavy atom. The molecule has 8 nitrogen and oxygen atoms in total. The number of carbonyl (C=O) groups is 1. The molecule has 4 rings (SSSR count). The summed E-state index contributed by atoms with van der Waals surface area (Å²) in [6, 6.07) is 17.3. The maximum Gasteiger partial charge on any atom is 0.255 e. The standard InChI is InChI=1S/C19H17N7O/c27-19(16-7-4-8-18(11-16)26-14-20-23-24-26)22-17-12-21-25(13-17)10-9-15-5-2-1-3-6-15/h1-8,11-14H,9-10H2,(H,22,27). The number of rotatable bonds is 6. The molecule has 0 aliphatic rings. The Balaban J connectivity index is 1.40. The zero-order chi connectivity index (χ0) is 18.5. The molecule has 2 aromatic heterocycles. The Kier molecular flexibility index (Phi) is 4.69. The van der Waals surface area contributed by atoms with E-state index in [0.717, 1.165) is 13.0 Å². The summed E-state index contributed by atoms with van der Waals surface area (Å²) in [6.07, 6.45) is 5.83. The summed E-state index contributed by atoms with van der Waals surface area (Å²) in [5.74, 6) is -0.215. The number of amides is 1. The number of nitrogens with zero attached hydrogens (tertiary/aromatic N) is 6. The lowest BCUT2D eigenvalue weighted by molar-refractivity contribution is 0.102. The highest BCUT2D eigenvalue weighted by molar-refractivity contribution is 6.04. The van der Waals surface area contributed by atoms with Crippen LogP contribution in [0.5, 0.6) is 0 Å².